The molecule has 0 radical (unpaired) electrons. The van der Waals surface area contributed by atoms with Crippen molar-refractivity contribution in [3.05, 3.63) is 12.4 Å². The van der Waals surface area contributed by atoms with E-state index in [4.69, 9.17) is 0 Å². The van der Waals surface area contributed by atoms with E-state index in [2.05, 4.69) is 10.0 Å². The minimum Gasteiger partial charge on any atom is -0.375 e. The zero-order valence-corrected chi connectivity index (χ0v) is 4.90. The molecule has 1 aliphatic rings. The Hall–Kier alpha value is -0.710. The molecule has 5 heteroatoms. The molecule has 0 aromatic carbocycles. The first-order chi connectivity index (χ1) is 3.71. The number of hydrogen-bond acceptors (Lipinski definition) is 3. The van der Waals surface area contributed by atoms with Gasteiger partial charge in [0.1, 0.15) is 5.88 Å². The van der Waals surface area contributed by atoms with Crippen molar-refractivity contribution >= 4 is 10.0 Å². The van der Waals surface area contributed by atoms with E-state index in [-0.39, 0.29) is 5.88 Å². The summed E-state index contributed by atoms with van der Waals surface area (Å²) in [6.45, 7) is 0. The zero-order chi connectivity index (χ0) is 6.04. The fraction of sp³-hybridized carbons (Fsp3) is 0.333. The predicted octanol–water partition coefficient (Wildman–Crippen LogP) is -1.06. The molecule has 0 aromatic rings. The standard InChI is InChI=1S/C3H6N2O2S/c6-8(7)3-4-1-2-5-8/h1-2,4-5H,3H2. The Labute approximate surface area is 47.6 Å². The number of rotatable bonds is 0. The van der Waals surface area contributed by atoms with Gasteiger partial charge < -0.3 is 5.32 Å². The van der Waals surface area contributed by atoms with Crippen LogP contribution in [0.25, 0.3) is 0 Å². The van der Waals surface area contributed by atoms with Gasteiger partial charge in [-0.15, -0.1) is 0 Å². The first-order valence-electron chi connectivity index (χ1n) is 2.09. The average Bonchev–Trinajstić information content (AvgIpc) is 1.65. The molecule has 0 saturated heterocycles. The third-order valence-corrected chi connectivity index (χ3v) is 1.76. The predicted molar refractivity (Wildman–Crippen MR) is 29.2 cm³/mol. The van der Waals surface area contributed by atoms with Crippen LogP contribution in [0.4, 0.5) is 0 Å². The van der Waals surface area contributed by atoms with E-state index in [9.17, 15) is 8.42 Å². The van der Waals surface area contributed by atoms with Crippen LogP contribution in [0.1, 0.15) is 0 Å². The summed E-state index contributed by atoms with van der Waals surface area (Å²) >= 11 is 0. The van der Waals surface area contributed by atoms with E-state index in [1.807, 2.05) is 0 Å². The highest BCUT2D eigenvalue weighted by Gasteiger charge is 2.07. The van der Waals surface area contributed by atoms with Crippen LogP contribution < -0.4 is 10.0 Å². The Balaban J connectivity index is 2.79. The maximum Gasteiger partial charge on any atom is 0.250 e. The Morgan fingerprint density at radius 3 is 2.38 bits per heavy atom. The maximum absolute atomic E-state index is 10.4. The topological polar surface area (TPSA) is 58.2 Å². The second kappa shape index (κ2) is 1.66. The molecular weight excluding hydrogens is 128 g/mol. The molecule has 0 aliphatic carbocycles. The van der Waals surface area contributed by atoms with Gasteiger partial charge in [0.25, 0.3) is 0 Å². The summed E-state index contributed by atoms with van der Waals surface area (Å²) in [5.41, 5.74) is 0. The van der Waals surface area contributed by atoms with Gasteiger partial charge in [-0.1, -0.05) is 0 Å². The van der Waals surface area contributed by atoms with Crippen molar-refractivity contribution in [1.29, 1.82) is 0 Å². The molecule has 0 bridgehead atoms. The largest absolute Gasteiger partial charge is 0.375 e. The molecule has 2 N–H and O–H groups in total. The highest BCUT2D eigenvalue weighted by atomic mass is 32.2. The summed E-state index contributed by atoms with van der Waals surface area (Å²) in [4.78, 5) is 0. The molecule has 0 amide bonds. The SMILES string of the molecule is O=S1(=O)CNC=CN1. The Kier molecular flexibility index (Phi) is 1.13. The molecule has 0 fully saturated rings. The summed E-state index contributed by atoms with van der Waals surface area (Å²) in [6, 6.07) is 0. The van der Waals surface area contributed by atoms with Gasteiger partial charge >= 0.3 is 0 Å². The maximum atomic E-state index is 10.4. The van der Waals surface area contributed by atoms with Gasteiger partial charge in [-0.25, -0.2) is 8.42 Å². The van der Waals surface area contributed by atoms with Crippen LogP contribution in [-0.2, 0) is 10.0 Å². The van der Waals surface area contributed by atoms with Crippen LogP contribution in [0.3, 0.4) is 0 Å². The van der Waals surface area contributed by atoms with Crippen molar-refractivity contribution in [2.24, 2.45) is 0 Å². The molecule has 0 atom stereocenters. The van der Waals surface area contributed by atoms with Crippen molar-refractivity contribution in [3.8, 4) is 0 Å². The van der Waals surface area contributed by atoms with Gasteiger partial charge in [0.15, 0.2) is 0 Å². The fourth-order valence-electron chi connectivity index (χ4n) is 0.396. The van der Waals surface area contributed by atoms with Crippen LogP contribution in [0.15, 0.2) is 12.4 Å². The van der Waals surface area contributed by atoms with Gasteiger partial charge in [0.2, 0.25) is 10.0 Å². The second-order valence-electron chi connectivity index (χ2n) is 1.41. The molecule has 4 nitrogen and oxygen atoms in total. The van der Waals surface area contributed by atoms with Crippen molar-refractivity contribution in [3.63, 3.8) is 0 Å². The smallest absolute Gasteiger partial charge is 0.250 e. The van der Waals surface area contributed by atoms with E-state index in [0.29, 0.717) is 0 Å². The minimum absolute atomic E-state index is 0.0243. The quantitative estimate of drug-likeness (QED) is 0.444. The van der Waals surface area contributed by atoms with Crippen LogP contribution in [0.2, 0.25) is 0 Å². The normalized spacial score (nSPS) is 23.5. The van der Waals surface area contributed by atoms with Crippen molar-refractivity contribution in [2.45, 2.75) is 0 Å². The van der Waals surface area contributed by atoms with Gasteiger partial charge in [-0.05, 0) is 0 Å². The van der Waals surface area contributed by atoms with Crippen molar-refractivity contribution < 1.29 is 8.42 Å². The zero-order valence-electron chi connectivity index (χ0n) is 4.09. The highest BCUT2D eigenvalue weighted by molar-refractivity contribution is 7.89. The van der Waals surface area contributed by atoms with E-state index in [1.54, 1.807) is 6.20 Å². The number of nitrogens with one attached hydrogen (secondary N) is 2. The lowest BCUT2D eigenvalue weighted by Gasteiger charge is -2.07. The lowest BCUT2D eigenvalue weighted by Crippen LogP contribution is -2.32. The van der Waals surface area contributed by atoms with Crippen LogP contribution >= 0.6 is 0 Å². The highest BCUT2D eigenvalue weighted by Crippen LogP contribution is 1.84. The van der Waals surface area contributed by atoms with Gasteiger partial charge in [-0.3, -0.25) is 4.72 Å². The van der Waals surface area contributed by atoms with E-state index in [1.165, 1.54) is 6.20 Å². The third-order valence-electron chi connectivity index (χ3n) is 0.722. The first-order valence-corrected chi connectivity index (χ1v) is 3.74. The van der Waals surface area contributed by atoms with Crippen LogP contribution in [0, 0.1) is 0 Å². The number of hydrogen-bond donors (Lipinski definition) is 2. The molecule has 46 valence electrons. The summed E-state index contributed by atoms with van der Waals surface area (Å²) in [5, 5.41) is 2.54. The van der Waals surface area contributed by atoms with Crippen LogP contribution in [0.5, 0.6) is 0 Å². The lowest BCUT2D eigenvalue weighted by molar-refractivity contribution is 0.584. The lowest BCUT2D eigenvalue weighted by atomic mass is 10.9. The molecular formula is C3H6N2O2S. The van der Waals surface area contributed by atoms with E-state index in [0.717, 1.165) is 0 Å². The van der Waals surface area contributed by atoms with Crippen molar-refractivity contribution in [2.75, 3.05) is 5.88 Å². The Morgan fingerprint density at radius 2 is 2.12 bits per heavy atom. The second-order valence-corrected chi connectivity index (χ2v) is 3.17. The van der Waals surface area contributed by atoms with Gasteiger partial charge in [0.05, 0.1) is 0 Å². The molecule has 0 unspecified atom stereocenters. The first kappa shape index (κ1) is 5.43. The molecule has 0 saturated carbocycles. The van der Waals surface area contributed by atoms with Gasteiger partial charge in [0, 0.05) is 12.4 Å². The molecule has 0 spiro atoms. The molecule has 1 rings (SSSR count). The minimum atomic E-state index is -3.03. The Bertz CT molecular complexity index is 193. The summed E-state index contributed by atoms with van der Waals surface area (Å²) in [7, 11) is -3.03. The summed E-state index contributed by atoms with van der Waals surface area (Å²) in [5.74, 6) is -0.0243. The number of sulfonamides is 1. The van der Waals surface area contributed by atoms with E-state index < -0.39 is 10.0 Å². The Morgan fingerprint density at radius 1 is 1.38 bits per heavy atom. The van der Waals surface area contributed by atoms with Gasteiger partial charge in [-0.2, -0.15) is 0 Å². The molecule has 8 heavy (non-hydrogen) atoms. The summed E-state index contributed by atoms with van der Waals surface area (Å²) in [6.07, 6.45) is 2.89. The monoisotopic (exact) mass is 134 g/mol. The molecule has 0 aromatic heterocycles. The van der Waals surface area contributed by atoms with E-state index >= 15 is 0 Å². The van der Waals surface area contributed by atoms with Crippen LogP contribution in [-0.4, -0.2) is 14.3 Å². The molecule has 1 aliphatic heterocycles. The molecule has 1 heterocycles. The third kappa shape index (κ3) is 1.13. The summed E-state index contributed by atoms with van der Waals surface area (Å²) < 4.78 is 23.0. The average molecular weight is 134 g/mol. The van der Waals surface area contributed by atoms with Crippen molar-refractivity contribution in [1.82, 2.24) is 10.0 Å². The fourth-order valence-corrected chi connectivity index (χ4v) is 1.07.